The molecule has 6 heteroatoms. The molecule has 1 saturated carbocycles. The van der Waals surface area contributed by atoms with Gasteiger partial charge >= 0.3 is 0 Å². The van der Waals surface area contributed by atoms with Crippen molar-refractivity contribution in [1.82, 2.24) is 5.01 Å². The topological polar surface area (TPSA) is 79.2 Å². The molecule has 0 aromatic heterocycles. The van der Waals surface area contributed by atoms with E-state index in [1.807, 2.05) is 0 Å². The van der Waals surface area contributed by atoms with Crippen molar-refractivity contribution >= 4 is 18.0 Å². The molecule has 1 aromatic carbocycles. The van der Waals surface area contributed by atoms with Crippen LogP contribution in [0.15, 0.2) is 35.5 Å². The number of phenols is 1. The SMILES string of the molecule is COc1cc(/C=N\N2C(=O)[C@H]3[C@H](C2=O)[C@@H]2C=C[C@@H]3CC2)ccc1O. The van der Waals surface area contributed by atoms with E-state index >= 15 is 0 Å². The summed E-state index contributed by atoms with van der Waals surface area (Å²) in [6, 6.07) is 4.73. The molecule has 124 valence electrons. The van der Waals surface area contributed by atoms with Gasteiger partial charge in [0.05, 0.1) is 25.2 Å². The molecular weight excluding hydrogens is 308 g/mol. The Bertz CT molecular complexity index is 738. The number of carbonyl (C=O) groups is 2. The maximum Gasteiger partial charge on any atom is 0.254 e. The van der Waals surface area contributed by atoms with Crippen molar-refractivity contribution in [2.24, 2.45) is 28.8 Å². The van der Waals surface area contributed by atoms with Crippen LogP contribution in [0.5, 0.6) is 11.5 Å². The van der Waals surface area contributed by atoms with Crippen molar-refractivity contribution in [2.75, 3.05) is 7.11 Å². The number of carbonyl (C=O) groups excluding carboxylic acids is 2. The van der Waals surface area contributed by atoms with E-state index in [1.165, 1.54) is 19.4 Å². The third-order valence-corrected chi connectivity index (χ3v) is 5.26. The van der Waals surface area contributed by atoms with E-state index in [4.69, 9.17) is 4.74 Å². The van der Waals surface area contributed by atoms with Crippen LogP contribution in [-0.2, 0) is 9.59 Å². The van der Waals surface area contributed by atoms with Gasteiger partial charge in [-0.3, -0.25) is 9.59 Å². The third kappa shape index (κ3) is 2.13. The molecule has 0 radical (unpaired) electrons. The Kier molecular flexibility index (Phi) is 3.40. The predicted octanol–water partition coefficient (Wildman–Crippen LogP) is 1.93. The van der Waals surface area contributed by atoms with Crippen LogP contribution in [0.1, 0.15) is 18.4 Å². The van der Waals surface area contributed by atoms with Gasteiger partial charge in [0.1, 0.15) is 0 Å². The van der Waals surface area contributed by atoms with Gasteiger partial charge in [0.15, 0.2) is 11.5 Å². The van der Waals surface area contributed by atoms with Crippen molar-refractivity contribution in [3.63, 3.8) is 0 Å². The van der Waals surface area contributed by atoms with Gasteiger partial charge in [-0.2, -0.15) is 10.1 Å². The summed E-state index contributed by atoms with van der Waals surface area (Å²) in [5.41, 5.74) is 0.640. The fourth-order valence-corrected chi connectivity index (χ4v) is 4.07. The first-order chi connectivity index (χ1) is 11.6. The Balaban J connectivity index is 1.59. The lowest BCUT2D eigenvalue weighted by Gasteiger charge is -2.37. The van der Waals surface area contributed by atoms with Crippen LogP contribution in [0.2, 0.25) is 0 Å². The predicted molar refractivity (Wildman–Crippen MR) is 86.4 cm³/mol. The van der Waals surface area contributed by atoms with E-state index in [-0.39, 0.29) is 41.2 Å². The molecule has 1 saturated heterocycles. The number of rotatable bonds is 3. The van der Waals surface area contributed by atoms with E-state index in [0.29, 0.717) is 11.3 Å². The summed E-state index contributed by atoms with van der Waals surface area (Å²) in [6.45, 7) is 0. The molecule has 4 aliphatic rings. The minimum atomic E-state index is -0.257. The Labute approximate surface area is 139 Å². The summed E-state index contributed by atoms with van der Waals surface area (Å²) in [5.74, 6) is -0.265. The molecule has 1 N–H and O–H groups in total. The zero-order chi connectivity index (χ0) is 16.8. The molecular formula is C18H18N2O4. The molecule has 3 aliphatic carbocycles. The van der Waals surface area contributed by atoms with Crippen molar-refractivity contribution in [3.8, 4) is 11.5 Å². The Morgan fingerprint density at radius 2 is 1.79 bits per heavy atom. The van der Waals surface area contributed by atoms with Gasteiger partial charge in [-0.1, -0.05) is 12.2 Å². The summed E-state index contributed by atoms with van der Waals surface area (Å²) < 4.78 is 5.05. The molecule has 6 nitrogen and oxygen atoms in total. The lowest BCUT2D eigenvalue weighted by atomic mass is 9.63. The highest BCUT2D eigenvalue weighted by Crippen LogP contribution is 2.49. The number of allylic oxidation sites excluding steroid dienone is 2. The van der Waals surface area contributed by atoms with E-state index in [2.05, 4.69) is 17.3 Å². The summed E-state index contributed by atoms with van der Waals surface area (Å²) in [7, 11) is 1.46. The highest BCUT2D eigenvalue weighted by molar-refractivity contribution is 6.06. The molecule has 1 aliphatic heterocycles. The number of benzene rings is 1. The molecule has 2 amide bonds. The van der Waals surface area contributed by atoms with Gasteiger partial charge in [0.25, 0.3) is 11.8 Å². The van der Waals surface area contributed by atoms with E-state index in [9.17, 15) is 14.7 Å². The van der Waals surface area contributed by atoms with Crippen molar-refractivity contribution in [2.45, 2.75) is 12.8 Å². The number of ether oxygens (including phenoxy) is 1. The standard InChI is InChI=1S/C18H18N2O4/c1-24-14-8-10(2-7-13(14)21)9-19-20-17(22)15-11-3-4-12(6-5-11)16(15)18(20)23/h2-4,7-9,11-12,15-16,21H,5-6H2,1H3/b19-9-/t11-,12-,15-,16-/m1/s1. The maximum atomic E-state index is 12.6. The first-order valence-corrected chi connectivity index (χ1v) is 8.07. The summed E-state index contributed by atoms with van der Waals surface area (Å²) in [5, 5.41) is 14.8. The number of methoxy groups -OCH3 is 1. The Morgan fingerprint density at radius 3 is 2.33 bits per heavy atom. The molecule has 1 heterocycles. The van der Waals surface area contributed by atoms with Gasteiger partial charge in [0.2, 0.25) is 0 Å². The maximum absolute atomic E-state index is 12.6. The second-order valence-electron chi connectivity index (χ2n) is 6.51. The monoisotopic (exact) mass is 326 g/mol. The number of amides is 2. The molecule has 24 heavy (non-hydrogen) atoms. The summed E-state index contributed by atoms with van der Waals surface area (Å²) >= 11 is 0. The number of imide groups is 1. The highest BCUT2D eigenvalue weighted by Gasteiger charge is 2.56. The lowest BCUT2D eigenvalue weighted by molar-refractivity contribution is -0.140. The number of hydrogen-bond acceptors (Lipinski definition) is 5. The molecule has 2 bridgehead atoms. The fraction of sp³-hybridized carbons (Fsp3) is 0.389. The van der Waals surface area contributed by atoms with Crippen LogP contribution in [0.25, 0.3) is 0 Å². The normalized spacial score (nSPS) is 31.1. The Hall–Kier alpha value is -2.63. The number of fused-ring (bicyclic) bond motifs is 1. The van der Waals surface area contributed by atoms with Crippen LogP contribution >= 0.6 is 0 Å². The number of phenolic OH excluding ortho intramolecular Hbond substituents is 1. The number of aromatic hydroxyl groups is 1. The van der Waals surface area contributed by atoms with Crippen molar-refractivity contribution in [1.29, 1.82) is 0 Å². The Morgan fingerprint density at radius 1 is 1.17 bits per heavy atom. The molecule has 2 fully saturated rings. The van der Waals surface area contributed by atoms with E-state index in [1.54, 1.807) is 12.1 Å². The first-order valence-electron chi connectivity index (χ1n) is 8.07. The quantitative estimate of drug-likeness (QED) is 0.523. The molecule has 0 unspecified atom stereocenters. The molecule has 5 rings (SSSR count). The van der Waals surface area contributed by atoms with Crippen LogP contribution in [-0.4, -0.2) is 35.3 Å². The molecule has 4 atom stereocenters. The van der Waals surface area contributed by atoms with Crippen molar-refractivity contribution in [3.05, 3.63) is 35.9 Å². The first kappa shape index (κ1) is 14.9. The zero-order valence-corrected chi connectivity index (χ0v) is 13.3. The number of hydrazone groups is 1. The van der Waals surface area contributed by atoms with Gasteiger partial charge in [-0.15, -0.1) is 0 Å². The van der Waals surface area contributed by atoms with Crippen molar-refractivity contribution < 1.29 is 19.4 Å². The minimum absolute atomic E-state index is 0.0247. The molecule has 0 spiro atoms. The lowest BCUT2D eigenvalue weighted by Crippen LogP contribution is -2.38. The van der Waals surface area contributed by atoms with Gasteiger partial charge in [-0.25, -0.2) is 0 Å². The van der Waals surface area contributed by atoms with Gasteiger partial charge in [0, 0.05) is 0 Å². The molecule has 1 aromatic rings. The number of hydrogen-bond donors (Lipinski definition) is 1. The third-order valence-electron chi connectivity index (χ3n) is 5.26. The second-order valence-corrected chi connectivity index (χ2v) is 6.51. The highest BCUT2D eigenvalue weighted by atomic mass is 16.5. The average Bonchev–Trinajstić information content (AvgIpc) is 2.88. The number of nitrogens with zero attached hydrogens (tertiary/aromatic N) is 2. The van der Waals surface area contributed by atoms with Crippen LogP contribution < -0.4 is 4.74 Å². The summed E-state index contributed by atoms with van der Waals surface area (Å²) in [4.78, 5) is 25.3. The van der Waals surface area contributed by atoms with E-state index in [0.717, 1.165) is 17.9 Å². The largest absolute Gasteiger partial charge is 0.504 e. The summed E-state index contributed by atoms with van der Waals surface area (Å²) in [6.07, 6.45) is 7.55. The zero-order valence-electron chi connectivity index (χ0n) is 13.3. The van der Waals surface area contributed by atoms with E-state index < -0.39 is 0 Å². The van der Waals surface area contributed by atoms with Crippen LogP contribution in [0, 0.1) is 23.7 Å². The average molecular weight is 326 g/mol. The fourth-order valence-electron chi connectivity index (χ4n) is 4.07. The van der Waals surface area contributed by atoms with Gasteiger partial charge < -0.3 is 9.84 Å². The second kappa shape index (κ2) is 5.47. The van der Waals surface area contributed by atoms with Crippen LogP contribution in [0.3, 0.4) is 0 Å². The van der Waals surface area contributed by atoms with Gasteiger partial charge in [-0.05, 0) is 48.4 Å². The van der Waals surface area contributed by atoms with Crippen LogP contribution in [0.4, 0.5) is 0 Å². The smallest absolute Gasteiger partial charge is 0.254 e. The minimum Gasteiger partial charge on any atom is -0.504 e.